The number of fused-ring (bicyclic) bond motifs is 1. The first-order valence-electron chi connectivity index (χ1n) is 9.68. The highest BCUT2D eigenvalue weighted by Gasteiger charge is 2.20. The van der Waals surface area contributed by atoms with Gasteiger partial charge < -0.3 is 14.5 Å². The van der Waals surface area contributed by atoms with Gasteiger partial charge in [0, 0.05) is 42.3 Å². The molecule has 4 rings (SSSR count). The molecule has 3 aromatic rings. The molecule has 1 amide bonds. The minimum atomic E-state index is 0.209. The number of H-pyrrole nitrogens is 1. The van der Waals surface area contributed by atoms with E-state index in [4.69, 9.17) is 0 Å². The van der Waals surface area contributed by atoms with Crippen LogP contribution < -0.4 is 0 Å². The molecule has 142 valence electrons. The summed E-state index contributed by atoms with van der Waals surface area (Å²) >= 11 is 1.49. The zero-order valence-corrected chi connectivity index (χ0v) is 16.5. The van der Waals surface area contributed by atoms with E-state index in [0.717, 1.165) is 59.9 Å². The quantitative estimate of drug-likeness (QED) is 0.678. The number of hydrogen-bond acceptors (Lipinski definition) is 4. The zero-order chi connectivity index (χ0) is 18.6. The van der Waals surface area contributed by atoms with Crippen LogP contribution in [0.25, 0.3) is 22.3 Å². The Morgan fingerprint density at radius 1 is 1.15 bits per heavy atom. The molecule has 1 aliphatic rings. The number of carbonyl (C=O) groups is 1. The van der Waals surface area contributed by atoms with E-state index >= 15 is 0 Å². The van der Waals surface area contributed by atoms with Crippen LogP contribution in [0.2, 0.25) is 0 Å². The van der Waals surface area contributed by atoms with Gasteiger partial charge in [0.25, 0.3) is 0 Å². The molecule has 1 saturated heterocycles. The van der Waals surface area contributed by atoms with Gasteiger partial charge >= 0.3 is 0 Å². The number of nitrogens with one attached hydrogen (secondary N) is 1. The molecule has 27 heavy (non-hydrogen) atoms. The highest BCUT2D eigenvalue weighted by Crippen LogP contribution is 2.30. The van der Waals surface area contributed by atoms with Crippen LogP contribution in [-0.2, 0) is 11.3 Å². The molecule has 7 heteroatoms. The van der Waals surface area contributed by atoms with Crippen molar-refractivity contribution in [2.75, 3.05) is 18.8 Å². The molecule has 1 fully saturated rings. The maximum atomic E-state index is 12.6. The monoisotopic (exact) mass is 383 g/mol. The highest BCUT2D eigenvalue weighted by atomic mass is 32.2. The second-order valence-electron chi connectivity index (χ2n) is 6.88. The molecular weight excluding hydrogens is 358 g/mol. The van der Waals surface area contributed by atoms with Crippen molar-refractivity contribution in [3.8, 4) is 11.4 Å². The largest absolute Gasteiger partial charge is 0.360 e. The summed E-state index contributed by atoms with van der Waals surface area (Å²) in [6.07, 6.45) is 6.68. The number of para-hydroxylation sites is 1. The van der Waals surface area contributed by atoms with E-state index in [1.165, 1.54) is 24.6 Å². The smallest absolute Gasteiger partial charge is 0.233 e. The molecule has 1 aromatic carbocycles. The van der Waals surface area contributed by atoms with Gasteiger partial charge in [-0.3, -0.25) is 4.79 Å². The van der Waals surface area contributed by atoms with Crippen LogP contribution in [0.1, 0.15) is 32.6 Å². The van der Waals surface area contributed by atoms with Crippen molar-refractivity contribution in [3.63, 3.8) is 0 Å². The first-order chi connectivity index (χ1) is 13.3. The van der Waals surface area contributed by atoms with E-state index in [-0.39, 0.29) is 5.91 Å². The molecule has 0 saturated carbocycles. The topological polar surface area (TPSA) is 66.8 Å². The first kappa shape index (κ1) is 18.1. The summed E-state index contributed by atoms with van der Waals surface area (Å²) in [6.45, 7) is 4.63. The summed E-state index contributed by atoms with van der Waals surface area (Å²) in [5, 5.41) is 10.8. The summed E-state index contributed by atoms with van der Waals surface area (Å²) in [7, 11) is 0. The fourth-order valence-electron chi connectivity index (χ4n) is 3.67. The average Bonchev–Trinajstić information content (AvgIpc) is 3.19. The van der Waals surface area contributed by atoms with Crippen LogP contribution in [0, 0.1) is 0 Å². The number of likely N-dealkylation sites (tertiary alicyclic amines) is 1. The van der Waals surface area contributed by atoms with Gasteiger partial charge in [-0.15, -0.1) is 10.2 Å². The van der Waals surface area contributed by atoms with Crippen LogP contribution in [0.4, 0.5) is 0 Å². The Labute approximate surface area is 163 Å². The summed E-state index contributed by atoms with van der Waals surface area (Å²) in [6, 6.07) is 8.19. The summed E-state index contributed by atoms with van der Waals surface area (Å²) in [5.74, 6) is 1.48. The van der Waals surface area contributed by atoms with Crippen molar-refractivity contribution in [1.82, 2.24) is 24.6 Å². The number of aromatic amines is 1. The normalized spacial score (nSPS) is 15.2. The molecule has 2 aromatic heterocycles. The molecular formula is C20H25N5OS. The van der Waals surface area contributed by atoms with Crippen molar-refractivity contribution in [2.24, 2.45) is 0 Å². The second-order valence-corrected chi connectivity index (χ2v) is 7.82. The van der Waals surface area contributed by atoms with Gasteiger partial charge in [0.15, 0.2) is 11.0 Å². The lowest BCUT2D eigenvalue weighted by Crippen LogP contribution is -2.33. The predicted octanol–water partition coefficient (Wildman–Crippen LogP) is 3.94. The second kappa shape index (κ2) is 8.17. The molecule has 6 nitrogen and oxygen atoms in total. The van der Waals surface area contributed by atoms with E-state index in [1.54, 1.807) is 0 Å². The molecule has 3 heterocycles. The lowest BCUT2D eigenvalue weighted by Gasteiger charge is -2.19. The van der Waals surface area contributed by atoms with Crippen molar-refractivity contribution in [2.45, 2.75) is 44.3 Å². The van der Waals surface area contributed by atoms with Gasteiger partial charge in [-0.05, 0) is 25.8 Å². The molecule has 0 spiro atoms. The third-order valence-electron chi connectivity index (χ3n) is 5.15. The standard InChI is InChI=1S/C20H25N5OS/c1-2-25-19(16-13-21-17-10-6-5-9-15(16)17)22-23-20(25)27-14-18(26)24-11-7-3-4-8-12-24/h5-6,9-10,13,21H,2-4,7-8,11-12,14H2,1H3. The van der Waals surface area contributed by atoms with Gasteiger partial charge in [-0.2, -0.15) is 0 Å². The predicted molar refractivity (Wildman–Crippen MR) is 109 cm³/mol. The Hall–Kier alpha value is -2.28. The van der Waals surface area contributed by atoms with E-state index < -0.39 is 0 Å². The molecule has 1 N–H and O–H groups in total. The number of rotatable bonds is 5. The fraction of sp³-hybridized carbons (Fsp3) is 0.450. The summed E-state index contributed by atoms with van der Waals surface area (Å²) in [4.78, 5) is 17.9. The summed E-state index contributed by atoms with van der Waals surface area (Å²) in [5.41, 5.74) is 2.13. The number of carbonyl (C=O) groups excluding carboxylic acids is 1. The zero-order valence-electron chi connectivity index (χ0n) is 15.6. The van der Waals surface area contributed by atoms with E-state index in [0.29, 0.717) is 5.75 Å². The van der Waals surface area contributed by atoms with Crippen molar-refractivity contribution >= 4 is 28.6 Å². The van der Waals surface area contributed by atoms with Gasteiger partial charge in [0.2, 0.25) is 5.91 Å². The van der Waals surface area contributed by atoms with Gasteiger partial charge in [-0.1, -0.05) is 42.8 Å². The average molecular weight is 384 g/mol. The Balaban J connectivity index is 1.52. The highest BCUT2D eigenvalue weighted by molar-refractivity contribution is 7.99. The fourth-order valence-corrected chi connectivity index (χ4v) is 4.58. The minimum absolute atomic E-state index is 0.209. The van der Waals surface area contributed by atoms with E-state index in [2.05, 4.69) is 38.8 Å². The lowest BCUT2D eigenvalue weighted by atomic mass is 10.1. The van der Waals surface area contributed by atoms with E-state index in [1.807, 2.05) is 23.2 Å². The Kier molecular flexibility index (Phi) is 5.48. The van der Waals surface area contributed by atoms with E-state index in [9.17, 15) is 4.79 Å². The third-order valence-corrected chi connectivity index (χ3v) is 6.10. The molecule has 0 radical (unpaired) electrons. The third kappa shape index (κ3) is 3.74. The summed E-state index contributed by atoms with van der Waals surface area (Å²) < 4.78 is 2.09. The van der Waals surface area contributed by atoms with Crippen LogP contribution in [0.5, 0.6) is 0 Å². The SMILES string of the molecule is CCn1c(SCC(=O)N2CCCCCC2)nnc1-c1c[nH]c2ccccc12. The van der Waals surface area contributed by atoms with Crippen LogP contribution in [0.3, 0.4) is 0 Å². The number of amides is 1. The van der Waals surface area contributed by atoms with Crippen molar-refractivity contribution < 1.29 is 4.79 Å². The van der Waals surface area contributed by atoms with Gasteiger partial charge in [-0.25, -0.2) is 0 Å². The molecule has 0 atom stereocenters. The van der Waals surface area contributed by atoms with Crippen LogP contribution in [0.15, 0.2) is 35.6 Å². The number of thioether (sulfide) groups is 1. The molecule has 0 unspecified atom stereocenters. The molecule has 0 bridgehead atoms. The maximum absolute atomic E-state index is 12.6. The lowest BCUT2D eigenvalue weighted by molar-refractivity contribution is -0.128. The number of benzene rings is 1. The first-order valence-corrected chi connectivity index (χ1v) is 10.7. The van der Waals surface area contributed by atoms with Gasteiger partial charge in [0.05, 0.1) is 5.75 Å². The Morgan fingerprint density at radius 2 is 1.93 bits per heavy atom. The number of aromatic nitrogens is 4. The van der Waals surface area contributed by atoms with Crippen LogP contribution >= 0.6 is 11.8 Å². The minimum Gasteiger partial charge on any atom is -0.360 e. The number of nitrogens with zero attached hydrogens (tertiary/aromatic N) is 4. The Morgan fingerprint density at radius 3 is 2.70 bits per heavy atom. The van der Waals surface area contributed by atoms with Crippen molar-refractivity contribution in [1.29, 1.82) is 0 Å². The van der Waals surface area contributed by atoms with Crippen LogP contribution in [-0.4, -0.2) is 49.4 Å². The van der Waals surface area contributed by atoms with Crippen molar-refractivity contribution in [3.05, 3.63) is 30.5 Å². The molecule has 1 aliphatic heterocycles. The molecule has 0 aliphatic carbocycles. The number of hydrogen-bond donors (Lipinski definition) is 1. The maximum Gasteiger partial charge on any atom is 0.233 e. The Bertz CT molecular complexity index is 923. The van der Waals surface area contributed by atoms with Gasteiger partial charge in [0.1, 0.15) is 0 Å².